The van der Waals surface area contributed by atoms with Crippen LogP contribution in [-0.4, -0.2) is 36.1 Å². The van der Waals surface area contributed by atoms with Gasteiger partial charge in [0.25, 0.3) is 0 Å². The Bertz CT molecular complexity index is 395. The van der Waals surface area contributed by atoms with Gasteiger partial charge in [0, 0.05) is 25.2 Å². The highest BCUT2D eigenvalue weighted by Gasteiger charge is 2.12. The molecule has 0 aromatic heterocycles. The van der Waals surface area contributed by atoms with Crippen LogP contribution in [0, 0.1) is 0 Å². The summed E-state index contributed by atoms with van der Waals surface area (Å²) in [7, 11) is 0. The summed E-state index contributed by atoms with van der Waals surface area (Å²) in [5, 5.41) is 14.1. The predicted octanol–water partition coefficient (Wildman–Crippen LogP) is 0.0167. The van der Waals surface area contributed by atoms with Crippen molar-refractivity contribution in [3.63, 3.8) is 0 Å². The molecule has 1 atom stereocenters. The molecule has 0 radical (unpaired) electrons. The van der Waals surface area contributed by atoms with Gasteiger partial charge in [-0.3, -0.25) is 9.59 Å². The van der Waals surface area contributed by atoms with Gasteiger partial charge >= 0.3 is 5.97 Å². The Hall–Kier alpha value is -2.08. The number of carboxylic acid groups (broad SMARTS) is 1. The van der Waals surface area contributed by atoms with E-state index in [-0.39, 0.29) is 18.9 Å². The maximum atomic E-state index is 11.4. The minimum atomic E-state index is -1.13. The highest BCUT2D eigenvalue weighted by Crippen LogP contribution is 2.04. The third-order valence-corrected chi connectivity index (χ3v) is 2.29. The first-order valence-corrected chi connectivity index (χ1v) is 5.63. The molecule has 1 rings (SSSR count). The third kappa shape index (κ3) is 5.31. The molecule has 0 unspecified atom stereocenters. The van der Waals surface area contributed by atoms with Gasteiger partial charge in [-0.2, -0.15) is 0 Å². The number of hydrogen-bond donors (Lipinski definition) is 4. The second kappa shape index (κ2) is 7.29. The molecule has 18 heavy (non-hydrogen) atoms. The molecule has 98 valence electrons. The lowest BCUT2D eigenvalue weighted by atomic mass is 10.3. The Kier molecular flexibility index (Phi) is 5.66. The van der Waals surface area contributed by atoms with Crippen molar-refractivity contribution >= 4 is 17.6 Å². The lowest BCUT2D eigenvalue weighted by Gasteiger charge is -2.09. The highest BCUT2D eigenvalue weighted by atomic mass is 16.4. The number of benzene rings is 1. The second-order valence-electron chi connectivity index (χ2n) is 3.79. The summed E-state index contributed by atoms with van der Waals surface area (Å²) >= 11 is 0. The van der Waals surface area contributed by atoms with Gasteiger partial charge in [-0.15, -0.1) is 0 Å². The van der Waals surface area contributed by atoms with Crippen molar-refractivity contribution in [3.05, 3.63) is 30.3 Å². The molecule has 0 aliphatic heterocycles. The fourth-order valence-corrected chi connectivity index (χ4v) is 1.28. The number of nitrogens with two attached hydrogens (primary N) is 1. The van der Waals surface area contributed by atoms with Crippen molar-refractivity contribution in [2.75, 3.05) is 18.4 Å². The molecule has 0 saturated heterocycles. The summed E-state index contributed by atoms with van der Waals surface area (Å²) < 4.78 is 0. The molecule has 5 N–H and O–H groups in total. The minimum Gasteiger partial charge on any atom is -0.480 e. The maximum Gasteiger partial charge on any atom is 0.322 e. The van der Waals surface area contributed by atoms with E-state index in [9.17, 15) is 9.59 Å². The normalized spacial score (nSPS) is 11.6. The van der Waals surface area contributed by atoms with Gasteiger partial charge in [0.1, 0.15) is 6.04 Å². The first kappa shape index (κ1) is 14.0. The molecule has 0 heterocycles. The average Bonchev–Trinajstić information content (AvgIpc) is 2.37. The molecule has 0 bridgehead atoms. The van der Waals surface area contributed by atoms with E-state index in [1.807, 2.05) is 30.3 Å². The number of nitrogens with one attached hydrogen (secondary N) is 2. The van der Waals surface area contributed by atoms with E-state index in [0.717, 1.165) is 5.69 Å². The summed E-state index contributed by atoms with van der Waals surface area (Å²) in [6.45, 7) is 0.428. The fourth-order valence-electron chi connectivity index (χ4n) is 1.28. The zero-order valence-corrected chi connectivity index (χ0v) is 9.93. The number of carbonyl (C=O) groups is 2. The molecule has 1 amide bonds. The molecule has 0 aliphatic carbocycles. The average molecular weight is 251 g/mol. The number of amides is 1. The van der Waals surface area contributed by atoms with Crippen molar-refractivity contribution in [1.82, 2.24) is 5.32 Å². The standard InChI is InChI=1S/C12H17N3O3/c13-10(12(17)18)8-15-11(16)6-7-14-9-4-2-1-3-5-9/h1-5,10,14H,6-8,13H2,(H,15,16)(H,17,18)/t10-/m0/s1. The number of rotatable bonds is 7. The van der Waals surface area contributed by atoms with Crippen LogP contribution in [0.15, 0.2) is 30.3 Å². The molecule has 0 spiro atoms. The first-order valence-electron chi connectivity index (χ1n) is 5.63. The summed E-state index contributed by atoms with van der Waals surface area (Å²) in [6.07, 6.45) is 0.265. The number of para-hydroxylation sites is 1. The van der Waals surface area contributed by atoms with Crippen molar-refractivity contribution in [2.45, 2.75) is 12.5 Å². The topological polar surface area (TPSA) is 104 Å². The van der Waals surface area contributed by atoms with E-state index < -0.39 is 12.0 Å². The molecule has 0 fully saturated rings. The molecule has 0 saturated carbocycles. The number of carboxylic acids is 1. The Labute approximate surface area is 105 Å². The number of hydrogen-bond acceptors (Lipinski definition) is 4. The van der Waals surface area contributed by atoms with Crippen molar-refractivity contribution in [2.24, 2.45) is 5.73 Å². The largest absolute Gasteiger partial charge is 0.480 e. The van der Waals surface area contributed by atoms with Gasteiger partial charge in [0.15, 0.2) is 0 Å². The Morgan fingerprint density at radius 1 is 1.28 bits per heavy atom. The van der Waals surface area contributed by atoms with E-state index in [1.165, 1.54) is 0 Å². The summed E-state index contributed by atoms with van der Waals surface area (Å²) in [5.74, 6) is -1.35. The molecular formula is C12H17N3O3. The SMILES string of the molecule is N[C@@H](CNC(=O)CCNc1ccccc1)C(=O)O. The van der Waals surface area contributed by atoms with Gasteiger partial charge in [0.2, 0.25) is 5.91 Å². The summed E-state index contributed by atoms with van der Waals surface area (Å²) in [6, 6.07) is 8.44. The van der Waals surface area contributed by atoms with Crippen LogP contribution in [0.3, 0.4) is 0 Å². The van der Waals surface area contributed by atoms with Gasteiger partial charge in [-0.1, -0.05) is 18.2 Å². The minimum absolute atomic E-state index is 0.0560. The number of carbonyl (C=O) groups excluding carboxylic acids is 1. The molecule has 1 aromatic carbocycles. The predicted molar refractivity (Wildman–Crippen MR) is 68.2 cm³/mol. The smallest absolute Gasteiger partial charge is 0.322 e. The van der Waals surface area contributed by atoms with E-state index in [1.54, 1.807) is 0 Å². The quantitative estimate of drug-likeness (QED) is 0.546. The van der Waals surface area contributed by atoms with Crippen LogP contribution in [-0.2, 0) is 9.59 Å². The van der Waals surface area contributed by atoms with Crippen LogP contribution < -0.4 is 16.4 Å². The van der Waals surface area contributed by atoms with Crippen LogP contribution in [0.1, 0.15) is 6.42 Å². The van der Waals surface area contributed by atoms with Crippen molar-refractivity contribution in [1.29, 1.82) is 0 Å². The molecular weight excluding hydrogens is 234 g/mol. The number of anilines is 1. The van der Waals surface area contributed by atoms with Crippen LogP contribution in [0.5, 0.6) is 0 Å². The van der Waals surface area contributed by atoms with E-state index >= 15 is 0 Å². The molecule has 6 nitrogen and oxygen atoms in total. The summed E-state index contributed by atoms with van der Waals surface area (Å²) in [5.41, 5.74) is 6.19. The Morgan fingerprint density at radius 3 is 2.56 bits per heavy atom. The van der Waals surface area contributed by atoms with E-state index in [4.69, 9.17) is 10.8 Å². The zero-order chi connectivity index (χ0) is 13.4. The maximum absolute atomic E-state index is 11.4. The van der Waals surface area contributed by atoms with Gasteiger partial charge in [0.05, 0.1) is 0 Å². The van der Waals surface area contributed by atoms with Crippen LogP contribution >= 0.6 is 0 Å². The Balaban J connectivity index is 2.16. The molecule has 0 aliphatic rings. The second-order valence-corrected chi connectivity index (χ2v) is 3.79. The monoisotopic (exact) mass is 251 g/mol. The van der Waals surface area contributed by atoms with Crippen molar-refractivity contribution in [3.8, 4) is 0 Å². The van der Waals surface area contributed by atoms with E-state index in [2.05, 4.69) is 10.6 Å². The number of aliphatic carboxylic acids is 1. The van der Waals surface area contributed by atoms with Crippen LogP contribution in [0.2, 0.25) is 0 Å². The fraction of sp³-hybridized carbons (Fsp3) is 0.333. The van der Waals surface area contributed by atoms with Gasteiger partial charge in [-0.05, 0) is 12.1 Å². The third-order valence-electron chi connectivity index (χ3n) is 2.29. The highest BCUT2D eigenvalue weighted by molar-refractivity contribution is 5.78. The van der Waals surface area contributed by atoms with Crippen LogP contribution in [0.25, 0.3) is 0 Å². The van der Waals surface area contributed by atoms with E-state index in [0.29, 0.717) is 6.54 Å². The van der Waals surface area contributed by atoms with Crippen molar-refractivity contribution < 1.29 is 14.7 Å². The Morgan fingerprint density at radius 2 is 1.94 bits per heavy atom. The molecule has 6 heteroatoms. The first-order chi connectivity index (χ1) is 8.59. The van der Waals surface area contributed by atoms with Gasteiger partial charge in [-0.25, -0.2) is 0 Å². The lowest BCUT2D eigenvalue weighted by Crippen LogP contribution is -2.42. The lowest BCUT2D eigenvalue weighted by molar-refractivity contribution is -0.138. The summed E-state index contributed by atoms with van der Waals surface area (Å²) in [4.78, 5) is 21.8. The van der Waals surface area contributed by atoms with Gasteiger partial charge < -0.3 is 21.5 Å². The molecule has 1 aromatic rings. The van der Waals surface area contributed by atoms with Crippen LogP contribution in [0.4, 0.5) is 5.69 Å². The zero-order valence-electron chi connectivity index (χ0n) is 9.93.